The van der Waals surface area contributed by atoms with E-state index in [1.807, 2.05) is 30.3 Å². The standard InChI is InChI=1S/C19H19BrClNO2/c20-15-5-3-4-14(12-15)18(16-6-1-2-7-17(16)21)22-10-8-13(9-11-22)19(23)24/h1-7,12-13,18H,8-11H2,(H,23,24). The van der Waals surface area contributed by atoms with Crippen LogP contribution in [0.15, 0.2) is 53.0 Å². The van der Waals surface area contributed by atoms with Crippen LogP contribution in [0.1, 0.15) is 30.0 Å². The second-order valence-corrected chi connectivity index (χ2v) is 7.45. The van der Waals surface area contributed by atoms with Crippen LogP contribution in [0, 0.1) is 5.92 Å². The molecule has 2 aromatic carbocycles. The van der Waals surface area contributed by atoms with Gasteiger partial charge in [-0.25, -0.2) is 0 Å². The van der Waals surface area contributed by atoms with Crippen molar-refractivity contribution in [3.05, 3.63) is 69.2 Å². The van der Waals surface area contributed by atoms with Crippen LogP contribution in [0.3, 0.4) is 0 Å². The van der Waals surface area contributed by atoms with Crippen molar-refractivity contribution in [3.8, 4) is 0 Å². The number of rotatable bonds is 4. The van der Waals surface area contributed by atoms with Crippen molar-refractivity contribution < 1.29 is 9.90 Å². The molecule has 1 fully saturated rings. The number of aliphatic carboxylic acids is 1. The highest BCUT2D eigenvalue weighted by molar-refractivity contribution is 9.10. The Morgan fingerprint density at radius 1 is 1.17 bits per heavy atom. The van der Waals surface area contributed by atoms with E-state index >= 15 is 0 Å². The van der Waals surface area contributed by atoms with Crippen LogP contribution < -0.4 is 0 Å². The minimum Gasteiger partial charge on any atom is -0.481 e. The molecular formula is C19H19BrClNO2. The van der Waals surface area contributed by atoms with Crippen molar-refractivity contribution in [1.29, 1.82) is 0 Å². The van der Waals surface area contributed by atoms with Crippen molar-refractivity contribution in [1.82, 2.24) is 4.90 Å². The summed E-state index contributed by atoms with van der Waals surface area (Å²) >= 11 is 10.0. The molecule has 0 amide bonds. The Labute approximate surface area is 155 Å². The molecule has 3 nitrogen and oxygen atoms in total. The second-order valence-electron chi connectivity index (χ2n) is 6.13. The number of likely N-dealkylation sites (tertiary alicyclic amines) is 1. The van der Waals surface area contributed by atoms with Crippen molar-refractivity contribution in [2.24, 2.45) is 5.92 Å². The number of piperidine rings is 1. The first-order chi connectivity index (χ1) is 11.6. The van der Waals surface area contributed by atoms with Gasteiger partial charge in [0.25, 0.3) is 0 Å². The first-order valence-corrected chi connectivity index (χ1v) is 9.20. The zero-order chi connectivity index (χ0) is 17.1. The van der Waals surface area contributed by atoms with Gasteiger partial charge in [0.2, 0.25) is 0 Å². The van der Waals surface area contributed by atoms with E-state index in [4.69, 9.17) is 11.6 Å². The lowest BCUT2D eigenvalue weighted by Crippen LogP contribution is -2.39. The Morgan fingerprint density at radius 2 is 1.88 bits per heavy atom. The molecule has 0 spiro atoms. The Bertz CT molecular complexity index is 729. The molecule has 1 heterocycles. The lowest BCUT2D eigenvalue weighted by atomic mass is 9.91. The van der Waals surface area contributed by atoms with Gasteiger partial charge in [-0.1, -0.05) is 57.9 Å². The van der Waals surface area contributed by atoms with Gasteiger partial charge in [0, 0.05) is 9.50 Å². The molecular weight excluding hydrogens is 390 g/mol. The van der Waals surface area contributed by atoms with Crippen LogP contribution in [0.5, 0.6) is 0 Å². The highest BCUT2D eigenvalue weighted by Crippen LogP contribution is 2.36. The molecule has 0 saturated carbocycles. The van der Waals surface area contributed by atoms with Crippen LogP contribution in [-0.2, 0) is 4.79 Å². The van der Waals surface area contributed by atoms with Gasteiger partial charge in [0.15, 0.2) is 0 Å². The summed E-state index contributed by atoms with van der Waals surface area (Å²) in [6, 6.07) is 16.2. The van der Waals surface area contributed by atoms with Crippen molar-refractivity contribution in [3.63, 3.8) is 0 Å². The summed E-state index contributed by atoms with van der Waals surface area (Å²) in [6.45, 7) is 1.50. The number of carboxylic acid groups (broad SMARTS) is 1. The number of halogens is 2. The summed E-state index contributed by atoms with van der Waals surface area (Å²) in [7, 11) is 0. The van der Waals surface area contributed by atoms with E-state index in [-0.39, 0.29) is 12.0 Å². The Morgan fingerprint density at radius 3 is 2.50 bits per heavy atom. The third-order valence-corrected chi connectivity index (χ3v) is 5.45. The quantitative estimate of drug-likeness (QED) is 0.775. The van der Waals surface area contributed by atoms with Crippen LogP contribution in [-0.4, -0.2) is 29.1 Å². The number of hydrogen-bond donors (Lipinski definition) is 1. The third-order valence-electron chi connectivity index (χ3n) is 4.61. The topological polar surface area (TPSA) is 40.5 Å². The molecule has 126 valence electrons. The molecule has 3 rings (SSSR count). The van der Waals surface area contributed by atoms with Gasteiger partial charge in [-0.05, 0) is 55.3 Å². The van der Waals surface area contributed by atoms with Gasteiger partial charge in [0.1, 0.15) is 0 Å². The predicted octanol–water partition coefficient (Wildman–Crippen LogP) is 4.99. The molecule has 24 heavy (non-hydrogen) atoms. The highest BCUT2D eigenvalue weighted by Gasteiger charge is 2.31. The minimum absolute atomic E-state index is 0.0333. The van der Waals surface area contributed by atoms with E-state index in [0.717, 1.165) is 33.7 Å². The molecule has 1 saturated heterocycles. The maximum absolute atomic E-state index is 11.2. The molecule has 0 bridgehead atoms. The smallest absolute Gasteiger partial charge is 0.306 e. The summed E-state index contributed by atoms with van der Waals surface area (Å²) in [5, 5.41) is 9.97. The summed E-state index contributed by atoms with van der Waals surface area (Å²) < 4.78 is 1.03. The monoisotopic (exact) mass is 407 g/mol. The van der Waals surface area contributed by atoms with Gasteiger partial charge >= 0.3 is 5.97 Å². The maximum Gasteiger partial charge on any atom is 0.306 e. The average molecular weight is 409 g/mol. The lowest BCUT2D eigenvalue weighted by molar-refractivity contribution is -0.143. The fourth-order valence-corrected chi connectivity index (χ4v) is 4.02. The van der Waals surface area contributed by atoms with Crippen molar-refractivity contribution >= 4 is 33.5 Å². The highest BCUT2D eigenvalue weighted by atomic mass is 79.9. The molecule has 1 aliphatic rings. The predicted molar refractivity (Wildman–Crippen MR) is 99.4 cm³/mol. The first-order valence-electron chi connectivity index (χ1n) is 8.03. The Balaban J connectivity index is 1.95. The first kappa shape index (κ1) is 17.5. The zero-order valence-electron chi connectivity index (χ0n) is 13.2. The van der Waals surface area contributed by atoms with E-state index < -0.39 is 5.97 Å². The van der Waals surface area contributed by atoms with Gasteiger partial charge < -0.3 is 5.11 Å². The van der Waals surface area contributed by atoms with E-state index in [1.54, 1.807) is 0 Å². The number of nitrogens with zero attached hydrogens (tertiary/aromatic N) is 1. The molecule has 1 aliphatic heterocycles. The normalized spacial score (nSPS) is 17.6. The van der Waals surface area contributed by atoms with E-state index in [2.05, 4.69) is 39.0 Å². The number of hydrogen-bond acceptors (Lipinski definition) is 2. The average Bonchev–Trinajstić information content (AvgIpc) is 2.57. The molecule has 2 aromatic rings. The maximum atomic E-state index is 11.2. The van der Waals surface area contributed by atoms with Crippen LogP contribution in [0.25, 0.3) is 0 Å². The molecule has 1 unspecified atom stereocenters. The molecule has 0 radical (unpaired) electrons. The molecule has 0 aliphatic carbocycles. The largest absolute Gasteiger partial charge is 0.481 e. The van der Waals surface area contributed by atoms with Gasteiger partial charge in [-0.15, -0.1) is 0 Å². The lowest BCUT2D eigenvalue weighted by Gasteiger charge is -2.37. The van der Waals surface area contributed by atoms with E-state index in [1.165, 1.54) is 0 Å². The van der Waals surface area contributed by atoms with Crippen LogP contribution in [0.4, 0.5) is 0 Å². The minimum atomic E-state index is -0.689. The molecule has 1 atom stereocenters. The molecule has 1 N–H and O–H groups in total. The van der Waals surface area contributed by atoms with Gasteiger partial charge in [-0.3, -0.25) is 9.69 Å². The fourth-order valence-electron chi connectivity index (χ4n) is 3.37. The third kappa shape index (κ3) is 3.82. The SMILES string of the molecule is O=C(O)C1CCN(C(c2cccc(Br)c2)c2ccccc2Cl)CC1. The summed E-state index contributed by atoms with van der Waals surface area (Å²) in [4.78, 5) is 13.6. The van der Waals surface area contributed by atoms with E-state index in [0.29, 0.717) is 12.8 Å². The second kappa shape index (κ2) is 7.68. The number of carboxylic acids is 1. The van der Waals surface area contributed by atoms with Gasteiger partial charge in [0.05, 0.1) is 12.0 Å². The van der Waals surface area contributed by atoms with Crippen LogP contribution >= 0.6 is 27.5 Å². The van der Waals surface area contributed by atoms with Crippen molar-refractivity contribution in [2.75, 3.05) is 13.1 Å². The summed E-state index contributed by atoms with van der Waals surface area (Å²) in [5.74, 6) is -0.929. The Kier molecular flexibility index (Phi) is 5.59. The molecule has 0 aromatic heterocycles. The molecule has 5 heteroatoms. The van der Waals surface area contributed by atoms with Crippen molar-refractivity contribution in [2.45, 2.75) is 18.9 Å². The summed E-state index contributed by atoms with van der Waals surface area (Å²) in [5.41, 5.74) is 2.22. The van der Waals surface area contributed by atoms with Crippen LogP contribution in [0.2, 0.25) is 5.02 Å². The fraction of sp³-hybridized carbons (Fsp3) is 0.316. The Hall–Kier alpha value is -1.36. The van der Waals surface area contributed by atoms with E-state index in [9.17, 15) is 9.90 Å². The number of carbonyl (C=O) groups is 1. The summed E-state index contributed by atoms with van der Waals surface area (Å²) in [6.07, 6.45) is 1.34. The number of benzene rings is 2. The zero-order valence-corrected chi connectivity index (χ0v) is 15.5. The van der Waals surface area contributed by atoms with Gasteiger partial charge in [-0.2, -0.15) is 0 Å².